The number of aromatic nitrogens is 2. The van der Waals surface area contributed by atoms with Crippen LogP contribution in [0.2, 0.25) is 0 Å². The Kier molecular flexibility index (Phi) is 7.90. The number of ether oxygens (including phenoxy) is 2. The van der Waals surface area contributed by atoms with Gasteiger partial charge in [0.1, 0.15) is 28.3 Å². The zero-order chi connectivity index (χ0) is 32.7. The van der Waals surface area contributed by atoms with Crippen molar-refractivity contribution in [1.82, 2.24) is 25.5 Å². The number of nitrogens with zero attached hydrogens (tertiary/aromatic N) is 2. The third-order valence-electron chi connectivity index (χ3n) is 8.25. The van der Waals surface area contributed by atoms with E-state index in [4.69, 9.17) is 9.47 Å². The van der Waals surface area contributed by atoms with Crippen LogP contribution in [0.25, 0.3) is 21.3 Å². The van der Waals surface area contributed by atoms with Crippen molar-refractivity contribution < 1.29 is 28.2 Å². The minimum Gasteiger partial charge on any atom is -0.486 e. The molecule has 3 aliphatic rings. The van der Waals surface area contributed by atoms with Crippen LogP contribution in [0.1, 0.15) is 31.2 Å². The fourth-order valence-electron chi connectivity index (χ4n) is 5.78. The van der Waals surface area contributed by atoms with E-state index in [0.717, 1.165) is 16.9 Å². The number of benzene rings is 3. The Morgan fingerprint density at radius 2 is 1.81 bits per heavy atom. The third-order valence-corrected chi connectivity index (χ3v) is 9.43. The number of aryl methyl sites for hydroxylation is 1. The van der Waals surface area contributed by atoms with Crippen molar-refractivity contribution in [3.05, 3.63) is 111 Å². The molecule has 11 nitrogen and oxygen atoms in total. The maximum Gasteiger partial charge on any atom is 0.264 e. The number of amides is 3. The summed E-state index contributed by atoms with van der Waals surface area (Å²) in [5.41, 5.74) is 2.07. The molecule has 13 heteroatoms. The van der Waals surface area contributed by atoms with Crippen LogP contribution in [0.4, 0.5) is 4.39 Å². The van der Waals surface area contributed by atoms with Gasteiger partial charge in [0.15, 0.2) is 6.61 Å². The van der Waals surface area contributed by atoms with E-state index >= 15 is 4.39 Å². The third kappa shape index (κ3) is 6.04. The maximum atomic E-state index is 15.1. The number of likely N-dealkylation sites (tertiary alicyclic amines) is 1. The Labute approximate surface area is 271 Å². The SMILES string of the molecule is Cc1c(C(=O)N2C[C@@H]3NC(=O)c4cc(ccc4F)-c4cccc(c4)OCC(=O)NCc4ccc(cc4)O[C@H]3C2)sc2nc[nH]c(=O)c12. The first-order valence-corrected chi connectivity index (χ1v) is 15.7. The van der Waals surface area contributed by atoms with E-state index in [1.807, 2.05) is 0 Å². The van der Waals surface area contributed by atoms with Gasteiger partial charge in [-0.3, -0.25) is 19.2 Å². The number of halogens is 1. The first kappa shape index (κ1) is 30.1. The summed E-state index contributed by atoms with van der Waals surface area (Å²) in [4.78, 5) is 61.5. The van der Waals surface area contributed by atoms with Crippen LogP contribution in [0.15, 0.2) is 77.9 Å². The number of hydrogen-bond donors (Lipinski definition) is 3. The molecule has 2 aromatic heterocycles. The Balaban J connectivity index is 1.23. The number of rotatable bonds is 1. The minimum atomic E-state index is -0.713. The summed E-state index contributed by atoms with van der Waals surface area (Å²) < 4.78 is 27.1. The van der Waals surface area contributed by atoms with Crippen molar-refractivity contribution in [3.8, 4) is 22.6 Å². The van der Waals surface area contributed by atoms with Crippen molar-refractivity contribution in [1.29, 1.82) is 0 Å². The Morgan fingerprint density at radius 3 is 2.62 bits per heavy atom. The number of H-pyrrole nitrogens is 1. The van der Waals surface area contributed by atoms with Gasteiger partial charge in [0.05, 0.1) is 34.7 Å². The average molecular weight is 654 g/mol. The van der Waals surface area contributed by atoms with Crippen LogP contribution in [0.5, 0.6) is 11.5 Å². The van der Waals surface area contributed by atoms with Gasteiger partial charge in [-0.15, -0.1) is 11.3 Å². The van der Waals surface area contributed by atoms with Gasteiger partial charge in [0.25, 0.3) is 23.3 Å². The molecule has 2 atom stereocenters. The molecule has 3 N–H and O–H groups in total. The molecule has 3 amide bonds. The predicted molar refractivity (Wildman–Crippen MR) is 172 cm³/mol. The smallest absolute Gasteiger partial charge is 0.264 e. The zero-order valence-electron chi connectivity index (χ0n) is 25.0. The lowest BCUT2D eigenvalue weighted by Crippen LogP contribution is -2.45. The molecule has 0 spiro atoms. The van der Waals surface area contributed by atoms with Crippen molar-refractivity contribution in [2.24, 2.45) is 0 Å². The minimum absolute atomic E-state index is 0.0809. The van der Waals surface area contributed by atoms with Gasteiger partial charge in [0.2, 0.25) is 0 Å². The molecule has 1 fully saturated rings. The summed E-state index contributed by atoms with van der Waals surface area (Å²) in [5.74, 6) is -1.09. The van der Waals surface area contributed by atoms with Crippen LogP contribution < -0.4 is 25.7 Å². The number of carbonyl (C=O) groups excluding carboxylic acids is 3. The van der Waals surface area contributed by atoms with E-state index in [1.54, 1.807) is 66.4 Å². The Bertz CT molecular complexity index is 2100. The lowest BCUT2D eigenvalue weighted by molar-refractivity contribution is -0.123. The van der Waals surface area contributed by atoms with Crippen LogP contribution in [-0.4, -0.2) is 64.4 Å². The van der Waals surface area contributed by atoms with E-state index < -0.39 is 23.9 Å². The second-order valence-corrected chi connectivity index (χ2v) is 12.3. The number of hydrogen-bond acceptors (Lipinski definition) is 8. The van der Waals surface area contributed by atoms with Crippen LogP contribution in [0, 0.1) is 12.7 Å². The second kappa shape index (κ2) is 12.3. The molecular formula is C34H28FN5O6S. The fourth-order valence-corrected chi connectivity index (χ4v) is 6.89. The van der Waals surface area contributed by atoms with Gasteiger partial charge in [-0.25, -0.2) is 9.37 Å². The van der Waals surface area contributed by atoms with E-state index in [9.17, 15) is 19.2 Å². The van der Waals surface area contributed by atoms with Crippen LogP contribution in [-0.2, 0) is 11.3 Å². The number of aromatic amines is 1. The van der Waals surface area contributed by atoms with Gasteiger partial charge >= 0.3 is 0 Å². The van der Waals surface area contributed by atoms with Gasteiger partial charge in [-0.05, 0) is 65.6 Å². The summed E-state index contributed by atoms with van der Waals surface area (Å²) in [6.07, 6.45) is 0.612. The van der Waals surface area contributed by atoms with E-state index in [0.29, 0.717) is 43.3 Å². The molecule has 47 heavy (non-hydrogen) atoms. The molecule has 3 aromatic carbocycles. The standard InChI is InChI=1S/C34H28FN5O6S/c1-18-29-32(43)37-17-38-33(29)47-30(18)34(44)40-14-26-27(15-40)46-22-8-5-19(6-9-22)13-36-28(41)16-45-23-4-2-3-20(11-23)21-7-10-25(35)24(12-21)31(42)39-26/h2-12,17,26-27H,13-16H2,1H3,(H,36,41)(H,39,42)(H,37,38,43)/t26-,27-/m0/s1. The van der Waals surface area contributed by atoms with Crippen molar-refractivity contribution in [3.63, 3.8) is 0 Å². The molecule has 0 saturated carbocycles. The van der Waals surface area contributed by atoms with Crippen LogP contribution in [0.3, 0.4) is 0 Å². The highest BCUT2D eigenvalue weighted by Gasteiger charge is 2.39. The molecular weight excluding hydrogens is 625 g/mol. The van der Waals surface area contributed by atoms with E-state index in [1.165, 1.54) is 18.5 Å². The first-order valence-electron chi connectivity index (χ1n) is 14.9. The molecule has 6 bridgehead atoms. The molecule has 8 rings (SSSR count). The highest BCUT2D eigenvalue weighted by molar-refractivity contribution is 7.20. The van der Waals surface area contributed by atoms with Crippen molar-refractivity contribution in [2.45, 2.75) is 25.6 Å². The topological polar surface area (TPSA) is 143 Å². The molecule has 0 radical (unpaired) electrons. The maximum absolute atomic E-state index is 15.1. The van der Waals surface area contributed by atoms with Crippen molar-refractivity contribution in [2.75, 3.05) is 19.7 Å². The molecule has 1 saturated heterocycles. The molecule has 0 unspecified atom stereocenters. The van der Waals surface area contributed by atoms with E-state index in [2.05, 4.69) is 20.6 Å². The van der Waals surface area contributed by atoms with Gasteiger partial charge in [-0.2, -0.15) is 0 Å². The second-order valence-electron chi connectivity index (χ2n) is 11.3. The summed E-state index contributed by atoms with van der Waals surface area (Å²) >= 11 is 1.13. The fraction of sp³-hybridized carbons (Fsp3) is 0.206. The number of fused-ring (bicyclic) bond motifs is 8. The van der Waals surface area contributed by atoms with Gasteiger partial charge in [0, 0.05) is 13.1 Å². The zero-order valence-corrected chi connectivity index (χ0v) is 25.9. The van der Waals surface area contributed by atoms with Gasteiger partial charge in [-0.1, -0.05) is 30.3 Å². The number of carbonyl (C=O) groups is 3. The summed E-state index contributed by atoms with van der Waals surface area (Å²) in [5, 5.41) is 6.10. The Morgan fingerprint density at radius 1 is 1.00 bits per heavy atom. The van der Waals surface area contributed by atoms with E-state index in [-0.39, 0.29) is 49.2 Å². The molecule has 5 aromatic rings. The predicted octanol–water partition coefficient (Wildman–Crippen LogP) is 3.81. The molecule has 5 heterocycles. The largest absolute Gasteiger partial charge is 0.486 e. The number of nitrogens with one attached hydrogen (secondary N) is 3. The molecule has 3 aliphatic heterocycles. The van der Waals surface area contributed by atoms with Crippen molar-refractivity contribution >= 4 is 39.3 Å². The lowest BCUT2D eigenvalue weighted by Gasteiger charge is -2.21. The van der Waals surface area contributed by atoms with Crippen LogP contribution >= 0.6 is 11.3 Å². The first-order chi connectivity index (χ1) is 22.7. The summed E-state index contributed by atoms with van der Waals surface area (Å²) in [7, 11) is 0. The Hall–Kier alpha value is -5.56. The summed E-state index contributed by atoms with van der Waals surface area (Å²) in [6.45, 7) is 1.98. The monoisotopic (exact) mass is 653 g/mol. The highest BCUT2D eigenvalue weighted by Crippen LogP contribution is 2.30. The quantitative estimate of drug-likeness (QED) is 0.250. The average Bonchev–Trinajstić information content (AvgIpc) is 3.63. The highest BCUT2D eigenvalue weighted by atomic mass is 32.1. The normalized spacial score (nSPS) is 18.1. The number of thiophene rings is 1. The molecule has 0 aliphatic carbocycles. The van der Waals surface area contributed by atoms with Gasteiger partial charge < -0.3 is 30.0 Å². The molecule has 238 valence electrons. The lowest BCUT2D eigenvalue weighted by atomic mass is 10.0. The summed E-state index contributed by atoms with van der Waals surface area (Å²) in [6, 6.07) is 17.6.